The third-order valence-corrected chi connectivity index (χ3v) is 14.7. The van der Waals surface area contributed by atoms with Crippen molar-refractivity contribution >= 4 is 68.8 Å². The van der Waals surface area contributed by atoms with Gasteiger partial charge in [0, 0.05) is 106 Å². The Morgan fingerprint density at radius 2 is 1.67 bits per heavy atom. The number of likely N-dealkylation sites (tertiary alicyclic amines) is 1. The standard InChI is InChI=1S/C42H47ClFN9O4S/c1-26-22-42(25-52(26)28-3-4-34(45-2)32(43)19-28)9-13-51(14-10-42)41-46-23-29(58-41)24-48-11-7-27(8-12-48)49-15-17-50(18-16-49)36-21-31-30(20-33(36)44)39(56)53(40(31)57)35-5-6-37(54)47-38(35)55/h3-4,19-21,23,26-27,35H,5-18,22,24-25H2,1H3,(H,47,54,55)/t26-,35?/m0/s1. The second-order valence-corrected chi connectivity index (χ2v) is 18.4. The minimum absolute atomic E-state index is 0.0291. The largest absolute Gasteiger partial charge is 0.368 e. The Morgan fingerprint density at radius 3 is 2.36 bits per heavy atom. The van der Waals surface area contributed by atoms with E-state index >= 15 is 4.39 Å². The van der Waals surface area contributed by atoms with Crippen LogP contribution in [0.25, 0.3) is 4.85 Å². The minimum Gasteiger partial charge on any atom is -0.368 e. The van der Waals surface area contributed by atoms with Gasteiger partial charge in [0.2, 0.25) is 17.5 Å². The van der Waals surface area contributed by atoms with Crippen molar-refractivity contribution < 1.29 is 23.6 Å². The molecule has 2 aromatic carbocycles. The van der Waals surface area contributed by atoms with Gasteiger partial charge in [-0.15, -0.1) is 11.3 Å². The molecule has 4 amide bonds. The third kappa shape index (κ3) is 7.22. The first-order chi connectivity index (χ1) is 28.0. The molecular weight excluding hydrogens is 781 g/mol. The zero-order valence-electron chi connectivity index (χ0n) is 32.6. The van der Waals surface area contributed by atoms with E-state index in [1.807, 2.05) is 34.4 Å². The molecule has 9 rings (SSSR count). The lowest BCUT2D eigenvalue weighted by molar-refractivity contribution is -0.136. The zero-order chi connectivity index (χ0) is 40.3. The smallest absolute Gasteiger partial charge is 0.262 e. The predicted molar refractivity (Wildman–Crippen MR) is 220 cm³/mol. The molecule has 304 valence electrons. The van der Waals surface area contributed by atoms with Crippen LogP contribution in [-0.2, 0) is 16.1 Å². The number of hydrogen-bond donors (Lipinski definition) is 1. The number of aromatic nitrogens is 1. The summed E-state index contributed by atoms with van der Waals surface area (Å²) in [5.74, 6) is -3.02. The highest BCUT2D eigenvalue weighted by atomic mass is 35.5. The number of thiazole rings is 1. The van der Waals surface area contributed by atoms with Crippen LogP contribution in [-0.4, -0.2) is 120 Å². The highest BCUT2D eigenvalue weighted by Gasteiger charge is 2.46. The van der Waals surface area contributed by atoms with Gasteiger partial charge in [0.25, 0.3) is 11.8 Å². The number of fused-ring (bicyclic) bond motifs is 1. The number of imide groups is 2. The van der Waals surface area contributed by atoms with E-state index in [1.54, 1.807) is 0 Å². The summed E-state index contributed by atoms with van der Waals surface area (Å²) in [5.41, 5.74) is 2.22. The van der Waals surface area contributed by atoms with Gasteiger partial charge in [0.1, 0.15) is 11.9 Å². The number of halogens is 2. The Bertz CT molecular complexity index is 2190. The van der Waals surface area contributed by atoms with E-state index in [0.717, 1.165) is 106 Å². The van der Waals surface area contributed by atoms with Gasteiger partial charge in [0.15, 0.2) is 5.13 Å². The molecule has 2 atom stereocenters. The molecule has 16 heteroatoms. The first-order valence-corrected chi connectivity index (χ1v) is 21.6. The molecule has 6 aliphatic heterocycles. The lowest BCUT2D eigenvalue weighted by Gasteiger charge is -2.43. The average Bonchev–Trinajstić information content (AvgIpc) is 3.88. The normalized spacial score (nSPS) is 24.5. The Labute approximate surface area is 346 Å². The summed E-state index contributed by atoms with van der Waals surface area (Å²) in [6.07, 6.45) is 7.68. The molecule has 0 radical (unpaired) electrons. The molecule has 0 aliphatic carbocycles. The van der Waals surface area contributed by atoms with E-state index in [1.165, 1.54) is 10.9 Å². The number of piperidine rings is 3. The zero-order valence-corrected chi connectivity index (χ0v) is 34.2. The molecule has 58 heavy (non-hydrogen) atoms. The number of carbonyl (C=O) groups is 4. The fraction of sp³-hybridized carbons (Fsp3) is 0.524. The number of benzene rings is 2. The maximum atomic E-state index is 15.5. The molecule has 13 nitrogen and oxygen atoms in total. The van der Waals surface area contributed by atoms with Gasteiger partial charge in [-0.3, -0.25) is 39.2 Å². The minimum atomic E-state index is -1.09. The summed E-state index contributed by atoms with van der Waals surface area (Å²) < 4.78 is 15.5. The summed E-state index contributed by atoms with van der Waals surface area (Å²) in [6, 6.07) is 8.18. The van der Waals surface area contributed by atoms with Gasteiger partial charge in [-0.05, 0) is 75.1 Å². The highest BCUT2D eigenvalue weighted by Crippen LogP contribution is 2.47. The average molecular weight is 828 g/mol. The van der Waals surface area contributed by atoms with Gasteiger partial charge in [-0.25, -0.2) is 14.2 Å². The Morgan fingerprint density at radius 1 is 0.948 bits per heavy atom. The van der Waals surface area contributed by atoms with Gasteiger partial charge in [-0.1, -0.05) is 17.7 Å². The van der Waals surface area contributed by atoms with Crippen molar-refractivity contribution in [2.24, 2.45) is 5.41 Å². The van der Waals surface area contributed by atoms with E-state index in [9.17, 15) is 19.2 Å². The number of hydrogen-bond acceptors (Lipinski definition) is 11. The van der Waals surface area contributed by atoms with Crippen LogP contribution in [0.2, 0.25) is 5.02 Å². The van der Waals surface area contributed by atoms with Crippen LogP contribution in [0, 0.1) is 17.8 Å². The number of rotatable bonds is 7. The number of carbonyl (C=O) groups excluding carboxylic acids is 4. The summed E-state index contributed by atoms with van der Waals surface area (Å²) in [7, 11) is 0. The molecule has 5 fully saturated rings. The SMILES string of the molecule is [C-]#[N+]c1ccc(N2CC3(CCN(c4ncc(CN5CCC(N6CCN(c7cc8c(cc7F)C(=O)N(C7CCC(=O)NC7=O)C8=O)CC6)CC5)s4)CC3)C[C@@H]2C)cc1Cl. The number of anilines is 3. The topological polar surface area (TPSA) is 117 Å². The molecule has 0 saturated carbocycles. The quantitative estimate of drug-likeness (QED) is 0.240. The molecule has 1 unspecified atom stereocenters. The third-order valence-electron chi connectivity index (χ3n) is 13.4. The maximum absolute atomic E-state index is 15.5. The molecule has 1 aromatic heterocycles. The first kappa shape index (κ1) is 38.9. The van der Waals surface area contributed by atoms with Crippen molar-refractivity contribution in [1.29, 1.82) is 0 Å². The van der Waals surface area contributed by atoms with Gasteiger partial charge < -0.3 is 14.7 Å². The van der Waals surface area contributed by atoms with Crippen LogP contribution in [0.5, 0.6) is 0 Å². The van der Waals surface area contributed by atoms with Crippen molar-refractivity contribution in [3.63, 3.8) is 0 Å². The number of nitrogens with zero attached hydrogens (tertiary/aromatic N) is 8. The van der Waals surface area contributed by atoms with Crippen LogP contribution >= 0.6 is 22.9 Å². The van der Waals surface area contributed by atoms with Gasteiger partial charge in [0.05, 0.1) is 23.4 Å². The molecule has 1 spiro atoms. The number of piperazine rings is 1. The Balaban J connectivity index is 0.736. The second-order valence-electron chi connectivity index (χ2n) is 16.9. The second kappa shape index (κ2) is 15.5. The monoisotopic (exact) mass is 827 g/mol. The van der Waals surface area contributed by atoms with Crippen LogP contribution in [0.1, 0.15) is 77.5 Å². The molecule has 0 bridgehead atoms. The predicted octanol–water partition coefficient (Wildman–Crippen LogP) is 5.56. The van der Waals surface area contributed by atoms with Gasteiger partial charge >= 0.3 is 0 Å². The molecule has 6 aliphatic rings. The summed E-state index contributed by atoms with van der Waals surface area (Å²) in [4.78, 5) is 73.0. The van der Waals surface area contributed by atoms with Crippen molar-refractivity contribution in [3.8, 4) is 0 Å². The van der Waals surface area contributed by atoms with Crippen molar-refractivity contribution in [1.82, 2.24) is 25.0 Å². The lowest BCUT2D eigenvalue weighted by Crippen LogP contribution is -2.54. The molecule has 3 aromatic rings. The van der Waals surface area contributed by atoms with Crippen LogP contribution in [0.4, 0.5) is 26.6 Å². The molecule has 1 N–H and O–H groups in total. The van der Waals surface area contributed by atoms with Crippen LogP contribution < -0.4 is 20.0 Å². The van der Waals surface area contributed by atoms with E-state index < -0.39 is 35.5 Å². The van der Waals surface area contributed by atoms with E-state index in [2.05, 4.69) is 42.9 Å². The van der Waals surface area contributed by atoms with E-state index in [4.69, 9.17) is 23.2 Å². The van der Waals surface area contributed by atoms with E-state index in [0.29, 0.717) is 41.6 Å². The number of amides is 4. The highest BCUT2D eigenvalue weighted by molar-refractivity contribution is 7.15. The maximum Gasteiger partial charge on any atom is 0.262 e. The van der Waals surface area contributed by atoms with Crippen LogP contribution in [0.15, 0.2) is 36.5 Å². The summed E-state index contributed by atoms with van der Waals surface area (Å²) in [5, 5.41) is 3.83. The summed E-state index contributed by atoms with van der Waals surface area (Å²) >= 11 is 8.21. The Kier molecular flexibility index (Phi) is 10.4. The fourth-order valence-electron chi connectivity index (χ4n) is 10.2. The lowest BCUT2D eigenvalue weighted by atomic mass is 9.77. The van der Waals surface area contributed by atoms with Crippen molar-refractivity contribution in [2.45, 2.75) is 76.5 Å². The summed E-state index contributed by atoms with van der Waals surface area (Å²) in [6.45, 7) is 18.3. The molecule has 7 heterocycles. The van der Waals surface area contributed by atoms with Crippen LogP contribution in [0.3, 0.4) is 0 Å². The molecular formula is C42H47ClFN9O4S. The van der Waals surface area contributed by atoms with Crippen molar-refractivity contribution in [2.75, 3.05) is 73.6 Å². The van der Waals surface area contributed by atoms with Crippen molar-refractivity contribution in [3.05, 3.63) is 74.8 Å². The molecule has 5 saturated heterocycles. The van der Waals surface area contributed by atoms with E-state index in [-0.39, 0.29) is 29.4 Å². The Hall–Kier alpha value is -4.62. The van der Waals surface area contributed by atoms with Gasteiger partial charge in [-0.2, -0.15) is 0 Å². The first-order valence-electron chi connectivity index (χ1n) is 20.4. The fourth-order valence-corrected chi connectivity index (χ4v) is 11.4. The number of nitrogens with one attached hydrogen (secondary N) is 1.